The van der Waals surface area contributed by atoms with Crippen molar-refractivity contribution in [3.63, 3.8) is 0 Å². The second kappa shape index (κ2) is 7.19. The Bertz CT molecular complexity index is 583. The number of carbonyl (C=O) groups excluding carboxylic acids is 3. The maximum Gasteiger partial charge on any atom is 0.415 e. The molecular formula is C10H11N3O7S. The molecule has 0 spiro atoms. The third-order valence-electron chi connectivity index (χ3n) is 2.07. The van der Waals surface area contributed by atoms with Crippen LogP contribution in [0.2, 0.25) is 0 Å². The molecule has 0 atom stereocenters. The fourth-order valence-electron chi connectivity index (χ4n) is 1.25. The van der Waals surface area contributed by atoms with Gasteiger partial charge in [-0.15, -0.1) is 11.3 Å². The zero-order valence-electron chi connectivity index (χ0n) is 11.0. The number of rotatable bonds is 4. The van der Waals surface area contributed by atoms with Crippen LogP contribution in [-0.2, 0) is 9.47 Å². The maximum atomic E-state index is 11.5. The number of thiophene rings is 1. The zero-order valence-corrected chi connectivity index (χ0v) is 11.8. The summed E-state index contributed by atoms with van der Waals surface area (Å²) in [6, 6.07) is -1.07. The average Bonchev–Trinajstić information content (AvgIpc) is 2.81. The zero-order chi connectivity index (χ0) is 16.0. The van der Waals surface area contributed by atoms with Crippen molar-refractivity contribution in [3.8, 4) is 0 Å². The SMILES string of the molecule is CCOC(=O)NC(=O)Nc1c([N+](=O)[O-])csc1C(=O)OC. The minimum Gasteiger partial charge on any atom is -0.465 e. The van der Waals surface area contributed by atoms with Crippen molar-refractivity contribution in [2.75, 3.05) is 19.0 Å². The summed E-state index contributed by atoms with van der Waals surface area (Å²) in [4.78, 5) is 44.0. The first kappa shape index (κ1) is 16.4. The average molecular weight is 317 g/mol. The van der Waals surface area contributed by atoms with Crippen LogP contribution < -0.4 is 10.6 Å². The van der Waals surface area contributed by atoms with Crippen LogP contribution in [0.5, 0.6) is 0 Å². The van der Waals surface area contributed by atoms with Gasteiger partial charge in [0, 0.05) is 0 Å². The number of hydrogen-bond acceptors (Lipinski definition) is 8. The molecule has 114 valence electrons. The van der Waals surface area contributed by atoms with Gasteiger partial charge >= 0.3 is 23.8 Å². The molecule has 0 aliphatic carbocycles. The smallest absolute Gasteiger partial charge is 0.415 e. The van der Waals surface area contributed by atoms with Crippen LogP contribution >= 0.6 is 11.3 Å². The van der Waals surface area contributed by atoms with E-state index in [9.17, 15) is 24.5 Å². The van der Waals surface area contributed by atoms with Crippen LogP contribution in [0.1, 0.15) is 16.6 Å². The lowest BCUT2D eigenvalue weighted by atomic mass is 10.3. The standard InChI is InChI=1S/C10H11N3O7S/c1-3-20-10(16)12-9(15)11-6-5(13(17)18)4-21-7(6)8(14)19-2/h4H,3H2,1-2H3,(H2,11,12,15,16). The number of nitrogens with zero attached hydrogens (tertiary/aromatic N) is 1. The molecule has 1 rings (SSSR count). The minimum atomic E-state index is -1.07. The lowest BCUT2D eigenvalue weighted by Gasteiger charge is -2.06. The lowest BCUT2D eigenvalue weighted by Crippen LogP contribution is -2.35. The normalized spacial score (nSPS) is 9.62. The van der Waals surface area contributed by atoms with Crippen LogP contribution in [0.4, 0.5) is 21.0 Å². The Kier molecular flexibility index (Phi) is 5.60. The lowest BCUT2D eigenvalue weighted by molar-refractivity contribution is -0.383. The summed E-state index contributed by atoms with van der Waals surface area (Å²) in [5, 5.41) is 15.8. The monoisotopic (exact) mass is 317 g/mol. The van der Waals surface area contributed by atoms with Crippen molar-refractivity contribution >= 4 is 40.8 Å². The summed E-state index contributed by atoms with van der Waals surface area (Å²) in [6.07, 6.45) is -1.02. The van der Waals surface area contributed by atoms with E-state index in [2.05, 4.69) is 14.8 Å². The Balaban J connectivity index is 2.97. The fraction of sp³-hybridized carbons (Fsp3) is 0.300. The summed E-state index contributed by atoms with van der Waals surface area (Å²) in [6.45, 7) is 1.59. The van der Waals surface area contributed by atoms with E-state index in [1.165, 1.54) is 6.92 Å². The second-order valence-corrected chi connectivity index (χ2v) is 4.25. The predicted octanol–water partition coefficient (Wildman–Crippen LogP) is 1.72. The number of hydrogen-bond donors (Lipinski definition) is 2. The first-order chi connectivity index (χ1) is 9.90. The number of alkyl carbamates (subject to hydrolysis) is 1. The molecule has 0 bridgehead atoms. The molecular weight excluding hydrogens is 306 g/mol. The number of methoxy groups -OCH3 is 1. The molecule has 0 fully saturated rings. The molecule has 1 aromatic heterocycles. The van der Waals surface area contributed by atoms with Gasteiger partial charge < -0.3 is 14.8 Å². The molecule has 0 aliphatic rings. The number of esters is 1. The van der Waals surface area contributed by atoms with Gasteiger partial charge in [0.05, 0.1) is 24.0 Å². The molecule has 0 aromatic carbocycles. The van der Waals surface area contributed by atoms with Gasteiger partial charge in [-0.05, 0) is 6.92 Å². The fourth-order valence-corrected chi connectivity index (χ4v) is 2.14. The highest BCUT2D eigenvalue weighted by Crippen LogP contribution is 2.34. The van der Waals surface area contributed by atoms with Gasteiger partial charge in [0.25, 0.3) is 0 Å². The van der Waals surface area contributed by atoms with Gasteiger partial charge in [0.2, 0.25) is 0 Å². The van der Waals surface area contributed by atoms with E-state index in [4.69, 9.17) is 0 Å². The summed E-state index contributed by atoms with van der Waals surface area (Å²) in [7, 11) is 1.09. The van der Waals surface area contributed by atoms with Gasteiger partial charge in [-0.25, -0.2) is 19.7 Å². The van der Waals surface area contributed by atoms with E-state index >= 15 is 0 Å². The molecule has 0 aliphatic heterocycles. The Morgan fingerprint density at radius 2 is 2.10 bits per heavy atom. The molecule has 1 heterocycles. The molecule has 3 amide bonds. The quantitative estimate of drug-likeness (QED) is 0.490. The summed E-state index contributed by atoms with van der Waals surface area (Å²) >= 11 is 0.733. The number of imide groups is 1. The second-order valence-electron chi connectivity index (χ2n) is 3.37. The van der Waals surface area contributed by atoms with Gasteiger partial charge in [-0.2, -0.15) is 0 Å². The summed E-state index contributed by atoms with van der Waals surface area (Å²) in [5.74, 6) is -0.848. The number of nitro groups is 1. The molecule has 2 N–H and O–H groups in total. The highest BCUT2D eigenvalue weighted by Gasteiger charge is 2.27. The molecule has 11 heteroatoms. The maximum absolute atomic E-state index is 11.5. The molecule has 0 radical (unpaired) electrons. The topological polar surface area (TPSA) is 137 Å². The van der Waals surface area contributed by atoms with Crippen molar-refractivity contribution in [1.29, 1.82) is 0 Å². The Hall–Kier alpha value is -2.69. The van der Waals surface area contributed by atoms with Gasteiger partial charge in [-0.1, -0.05) is 0 Å². The van der Waals surface area contributed by atoms with E-state index in [0.717, 1.165) is 23.8 Å². The number of nitrogens with one attached hydrogen (secondary N) is 2. The van der Waals surface area contributed by atoms with Gasteiger partial charge in [0.15, 0.2) is 0 Å². The summed E-state index contributed by atoms with van der Waals surface area (Å²) < 4.78 is 8.93. The number of carbonyl (C=O) groups is 3. The first-order valence-electron chi connectivity index (χ1n) is 5.49. The number of ether oxygens (including phenoxy) is 2. The van der Waals surface area contributed by atoms with Crippen LogP contribution in [0.3, 0.4) is 0 Å². The molecule has 0 saturated heterocycles. The predicted molar refractivity (Wildman–Crippen MR) is 71.5 cm³/mol. The van der Waals surface area contributed by atoms with Crippen LogP contribution in [0, 0.1) is 10.1 Å². The van der Waals surface area contributed by atoms with Crippen LogP contribution in [0.25, 0.3) is 0 Å². The first-order valence-corrected chi connectivity index (χ1v) is 6.37. The third-order valence-corrected chi connectivity index (χ3v) is 3.02. The van der Waals surface area contributed by atoms with Gasteiger partial charge in [-0.3, -0.25) is 10.1 Å². The van der Waals surface area contributed by atoms with E-state index in [-0.39, 0.29) is 17.2 Å². The van der Waals surface area contributed by atoms with Crippen molar-refractivity contribution < 1.29 is 28.8 Å². The third kappa shape index (κ3) is 4.14. The Labute approximate surface area is 122 Å². The van der Waals surface area contributed by atoms with Crippen LogP contribution in [0.15, 0.2) is 5.38 Å². The molecule has 0 unspecified atom stereocenters. The Morgan fingerprint density at radius 1 is 1.43 bits per heavy atom. The largest absolute Gasteiger partial charge is 0.465 e. The van der Waals surface area contributed by atoms with Crippen molar-refractivity contribution in [3.05, 3.63) is 20.4 Å². The van der Waals surface area contributed by atoms with Crippen molar-refractivity contribution in [2.24, 2.45) is 0 Å². The van der Waals surface area contributed by atoms with E-state index < -0.39 is 28.7 Å². The van der Waals surface area contributed by atoms with E-state index in [1.807, 2.05) is 0 Å². The molecule has 0 saturated carbocycles. The summed E-state index contributed by atoms with van der Waals surface area (Å²) in [5.41, 5.74) is -0.835. The van der Waals surface area contributed by atoms with Crippen LogP contribution in [-0.4, -0.2) is 36.7 Å². The Morgan fingerprint density at radius 3 is 2.62 bits per heavy atom. The molecule has 10 nitrogen and oxygen atoms in total. The minimum absolute atomic E-state index is 0.0467. The highest BCUT2D eigenvalue weighted by atomic mass is 32.1. The van der Waals surface area contributed by atoms with Gasteiger partial charge in [0.1, 0.15) is 10.6 Å². The van der Waals surface area contributed by atoms with E-state index in [1.54, 1.807) is 5.32 Å². The number of anilines is 1. The number of urea groups is 1. The number of amides is 3. The molecule has 21 heavy (non-hydrogen) atoms. The van der Waals surface area contributed by atoms with E-state index in [0.29, 0.717) is 0 Å². The van der Waals surface area contributed by atoms with Crippen molar-refractivity contribution in [1.82, 2.24) is 5.32 Å². The highest BCUT2D eigenvalue weighted by molar-refractivity contribution is 7.13. The molecule has 1 aromatic rings. The van der Waals surface area contributed by atoms with Crippen molar-refractivity contribution in [2.45, 2.75) is 6.92 Å².